The van der Waals surface area contributed by atoms with Crippen LogP contribution >= 0.6 is 0 Å². The van der Waals surface area contributed by atoms with E-state index in [1.807, 2.05) is 6.07 Å². The number of ether oxygens (including phenoxy) is 2. The fraction of sp³-hybridized carbons (Fsp3) is 0.211. The van der Waals surface area contributed by atoms with E-state index in [0.717, 1.165) is 5.75 Å². The molecule has 2 aromatic rings. The molecule has 0 aliphatic rings. The molecule has 0 atom stereocenters. The molecule has 0 saturated heterocycles. The lowest BCUT2D eigenvalue weighted by Crippen LogP contribution is -2.31. The first-order chi connectivity index (χ1) is 12.6. The van der Waals surface area contributed by atoms with Crippen molar-refractivity contribution < 1.29 is 19.1 Å². The third kappa shape index (κ3) is 6.17. The number of hydrogen-bond donors (Lipinski definition) is 2. The molecule has 2 N–H and O–H groups in total. The molecule has 0 aromatic heterocycles. The lowest BCUT2D eigenvalue weighted by atomic mass is 10.2. The van der Waals surface area contributed by atoms with Crippen LogP contribution in [0.5, 0.6) is 11.5 Å². The Morgan fingerprint density at radius 1 is 1.08 bits per heavy atom. The van der Waals surface area contributed by atoms with Crippen LogP contribution in [0.4, 0.5) is 5.69 Å². The van der Waals surface area contributed by atoms with Crippen LogP contribution in [0, 0.1) is 11.3 Å². The number of anilines is 1. The zero-order valence-electron chi connectivity index (χ0n) is 14.3. The topological polar surface area (TPSA) is 100 Å². The fourth-order valence-electron chi connectivity index (χ4n) is 2.11. The molecule has 0 fully saturated rings. The van der Waals surface area contributed by atoms with Crippen molar-refractivity contribution in [2.24, 2.45) is 0 Å². The maximum absolute atomic E-state index is 11.8. The summed E-state index contributed by atoms with van der Waals surface area (Å²) in [6.07, 6.45) is -0.306. The number of hydrogen-bond acceptors (Lipinski definition) is 5. The highest BCUT2D eigenvalue weighted by Crippen LogP contribution is 2.16. The standard InChI is InChI=1S/C19H19N3O4/c1-25-16-5-7-17(8-6-16)26-10-9-21-18(23)12-19(24)22-15-4-2-3-14(11-15)13-20/h2-8,11H,9-10,12H2,1H3,(H,21,23)(H,22,24). The molecule has 134 valence electrons. The molecule has 0 saturated carbocycles. The maximum Gasteiger partial charge on any atom is 0.233 e. The Bertz CT molecular complexity index is 797. The third-order valence-corrected chi connectivity index (χ3v) is 3.35. The smallest absolute Gasteiger partial charge is 0.233 e. The number of carbonyl (C=O) groups is 2. The summed E-state index contributed by atoms with van der Waals surface area (Å²) in [6, 6.07) is 15.6. The normalized spacial score (nSPS) is 9.69. The second-order valence-corrected chi connectivity index (χ2v) is 5.29. The van der Waals surface area contributed by atoms with Gasteiger partial charge in [-0.05, 0) is 42.5 Å². The first-order valence-corrected chi connectivity index (χ1v) is 7.94. The average Bonchev–Trinajstić information content (AvgIpc) is 2.65. The van der Waals surface area contributed by atoms with E-state index in [0.29, 0.717) is 17.0 Å². The van der Waals surface area contributed by atoms with Gasteiger partial charge in [0.1, 0.15) is 24.5 Å². The van der Waals surface area contributed by atoms with Crippen molar-refractivity contribution in [3.63, 3.8) is 0 Å². The van der Waals surface area contributed by atoms with Crippen molar-refractivity contribution in [2.45, 2.75) is 6.42 Å². The minimum absolute atomic E-state index is 0.280. The fourth-order valence-corrected chi connectivity index (χ4v) is 2.11. The Balaban J connectivity index is 1.67. The second kappa shape index (κ2) is 9.69. The zero-order valence-corrected chi connectivity index (χ0v) is 14.3. The van der Waals surface area contributed by atoms with Crippen molar-refractivity contribution in [1.82, 2.24) is 5.32 Å². The molecule has 26 heavy (non-hydrogen) atoms. The van der Waals surface area contributed by atoms with Crippen molar-refractivity contribution in [3.05, 3.63) is 54.1 Å². The number of benzene rings is 2. The van der Waals surface area contributed by atoms with Gasteiger partial charge < -0.3 is 20.1 Å². The quantitative estimate of drug-likeness (QED) is 0.559. The van der Waals surface area contributed by atoms with E-state index in [-0.39, 0.29) is 19.6 Å². The Morgan fingerprint density at radius 2 is 1.81 bits per heavy atom. The summed E-state index contributed by atoms with van der Waals surface area (Å²) in [5.74, 6) is 0.540. The monoisotopic (exact) mass is 353 g/mol. The van der Waals surface area contributed by atoms with Gasteiger partial charge in [0, 0.05) is 5.69 Å². The number of nitrogens with zero attached hydrogens (tertiary/aromatic N) is 1. The minimum Gasteiger partial charge on any atom is -0.497 e. The highest BCUT2D eigenvalue weighted by Gasteiger charge is 2.09. The van der Waals surface area contributed by atoms with E-state index < -0.39 is 11.8 Å². The van der Waals surface area contributed by atoms with E-state index in [2.05, 4.69) is 10.6 Å². The van der Waals surface area contributed by atoms with Gasteiger partial charge in [-0.2, -0.15) is 5.26 Å². The molecule has 0 aliphatic carbocycles. The molecule has 2 aromatic carbocycles. The highest BCUT2D eigenvalue weighted by atomic mass is 16.5. The highest BCUT2D eigenvalue weighted by molar-refractivity contribution is 6.03. The van der Waals surface area contributed by atoms with Gasteiger partial charge in [0.25, 0.3) is 0 Å². The molecular weight excluding hydrogens is 334 g/mol. The van der Waals surface area contributed by atoms with Crippen molar-refractivity contribution >= 4 is 17.5 Å². The van der Waals surface area contributed by atoms with Crippen LogP contribution in [0.2, 0.25) is 0 Å². The summed E-state index contributed by atoms with van der Waals surface area (Å²) in [7, 11) is 1.59. The van der Waals surface area contributed by atoms with Crippen LogP contribution in [0.1, 0.15) is 12.0 Å². The SMILES string of the molecule is COc1ccc(OCCNC(=O)CC(=O)Nc2cccc(C#N)c2)cc1. The molecule has 7 heteroatoms. The van der Waals surface area contributed by atoms with Gasteiger partial charge in [0.2, 0.25) is 11.8 Å². The van der Waals surface area contributed by atoms with Gasteiger partial charge >= 0.3 is 0 Å². The van der Waals surface area contributed by atoms with Crippen molar-refractivity contribution in [2.75, 3.05) is 25.6 Å². The van der Waals surface area contributed by atoms with Crippen molar-refractivity contribution in [1.29, 1.82) is 5.26 Å². The van der Waals surface area contributed by atoms with E-state index in [9.17, 15) is 9.59 Å². The molecule has 0 aliphatic heterocycles. The van der Waals surface area contributed by atoms with Crippen molar-refractivity contribution in [3.8, 4) is 17.6 Å². The molecule has 0 heterocycles. The maximum atomic E-state index is 11.8. The Kier molecular flexibility index (Phi) is 7.01. The number of carbonyl (C=O) groups excluding carboxylic acids is 2. The number of nitriles is 1. The van der Waals surface area contributed by atoms with Crippen LogP contribution in [-0.2, 0) is 9.59 Å². The summed E-state index contributed by atoms with van der Waals surface area (Å²) < 4.78 is 10.5. The zero-order chi connectivity index (χ0) is 18.8. The summed E-state index contributed by atoms with van der Waals surface area (Å²) in [6.45, 7) is 0.561. The van der Waals surface area contributed by atoms with Crippen LogP contribution < -0.4 is 20.1 Å². The molecule has 2 amide bonds. The van der Waals surface area contributed by atoms with Crippen LogP contribution in [0.25, 0.3) is 0 Å². The Morgan fingerprint density at radius 3 is 2.50 bits per heavy atom. The van der Waals surface area contributed by atoms with Crippen LogP contribution in [0.15, 0.2) is 48.5 Å². The summed E-state index contributed by atoms with van der Waals surface area (Å²) in [4.78, 5) is 23.6. The molecule has 0 bridgehead atoms. The number of methoxy groups -OCH3 is 1. The first-order valence-electron chi connectivity index (χ1n) is 7.94. The van der Waals surface area contributed by atoms with E-state index >= 15 is 0 Å². The lowest BCUT2D eigenvalue weighted by molar-refractivity contribution is -0.126. The van der Waals surface area contributed by atoms with E-state index in [4.69, 9.17) is 14.7 Å². The van der Waals surface area contributed by atoms with Gasteiger partial charge in [-0.15, -0.1) is 0 Å². The average molecular weight is 353 g/mol. The molecule has 0 radical (unpaired) electrons. The summed E-state index contributed by atoms with van der Waals surface area (Å²) in [5, 5.41) is 14.0. The van der Waals surface area contributed by atoms with Gasteiger partial charge in [-0.1, -0.05) is 6.07 Å². The number of rotatable bonds is 8. The molecule has 7 nitrogen and oxygen atoms in total. The molecule has 2 rings (SSSR count). The predicted molar refractivity (Wildman–Crippen MR) is 95.9 cm³/mol. The lowest BCUT2D eigenvalue weighted by Gasteiger charge is -2.09. The second-order valence-electron chi connectivity index (χ2n) is 5.29. The molecule has 0 spiro atoms. The van der Waals surface area contributed by atoms with E-state index in [1.165, 1.54) is 0 Å². The number of nitrogens with one attached hydrogen (secondary N) is 2. The Hall–Kier alpha value is -3.53. The van der Waals surface area contributed by atoms with Gasteiger partial charge in [0.05, 0.1) is 25.3 Å². The largest absolute Gasteiger partial charge is 0.497 e. The van der Waals surface area contributed by atoms with Crippen LogP contribution in [-0.4, -0.2) is 32.1 Å². The van der Waals surface area contributed by atoms with Gasteiger partial charge in [-0.25, -0.2) is 0 Å². The summed E-state index contributed by atoms with van der Waals surface area (Å²) >= 11 is 0. The predicted octanol–water partition coefficient (Wildman–Crippen LogP) is 2.09. The molecule has 0 unspecified atom stereocenters. The first kappa shape index (κ1) is 18.8. The van der Waals surface area contributed by atoms with E-state index in [1.54, 1.807) is 55.6 Å². The van der Waals surface area contributed by atoms with Crippen LogP contribution in [0.3, 0.4) is 0 Å². The minimum atomic E-state index is -0.450. The summed E-state index contributed by atoms with van der Waals surface area (Å²) in [5.41, 5.74) is 0.910. The van der Waals surface area contributed by atoms with Gasteiger partial charge in [0.15, 0.2) is 0 Å². The third-order valence-electron chi connectivity index (χ3n) is 3.35. The van der Waals surface area contributed by atoms with Gasteiger partial charge in [-0.3, -0.25) is 9.59 Å². The Labute approximate surface area is 151 Å². The molecular formula is C19H19N3O4. The number of amides is 2.